The summed E-state index contributed by atoms with van der Waals surface area (Å²) in [5.41, 5.74) is -0.0476. The van der Waals surface area contributed by atoms with Gasteiger partial charge in [0.25, 0.3) is 14.4 Å². The van der Waals surface area contributed by atoms with Crippen molar-refractivity contribution in [2.45, 2.75) is 42.3 Å². The number of anilines is 2. The van der Waals surface area contributed by atoms with E-state index in [4.69, 9.17) is 4.74 Å². The van der Waals surface area contributed by atoms with E-state index >= 15 is 0 Å². The van der Waals surface area contributed by atoms with E-state index in [1.54, 1.807) is 13.8 Å². The van der Waals surface area contributed by atoms with Crippen molar-refractivity contribution in [1.82, 2.24) is 14.5 Å². The van der Waals surface area contributed by atoms with Crippen molar-refractivity contribution < 1.29 is 26.4 Å². The summed E-state index contributed by atoms with van der Waals surface area (Å²) < 4.78 is 60.2. The number of nitrogens with zero attached hydrogens (tertiary/aromatic N) is 3. The van der Waals surface area contributed by atoms with Gasteiger partial charge in [-0.3, -0.25) is 9.52 Å². The van der Waals surface area contributed by atoms with Crippen LogP contribution in [0.3, 0.4) is 0 Å². The minimum absolute atomic E-state index is 0.0393. The van der Waals surface area contributed by atoms with Crippen molar-refractivity contribution in [3.63, 3.8) is 0 Å². The third kappa shape index (κ3) is 5.36. The summed E-state index contributed by atoms with van der Waals surface area (Å²) >= 11 is 0.679. The first-order valence-electron chi connectivity index (χ1n) is 9.90. The second-order valence-electron chi connectivity index (χ2n) is 7.45. The molecule has 2 N–H and O–H groups in total. The molecule has 1 aliphatic rings. The average molecular weight is 504 g/mol. The van der Waals surface area contributed by atoms with E-state index in [1.807, 2.05) is 0 Å². The first-order chi connectivity index (χ1) is 15.0. The summed E-state index contributed by atoms with van der Waals surface area (Å²) in [5.74, 6) is -0.495. The number of sulfonamides is 2. The van der Waals surface area contributed by atoms with E-state index in [2.05, 4.69) is 20.2 Å². The number of amides is 1. The number of piperidine rings is 1. The molecule has 1 fully saturated rings. The molecule has 1 aliphatic heterocycles. The van der Waals surface area contributed by atoms with Crippen LogP contribution in [0, 0.1) is 5.92 Å². The molecule has 0 unspecified atom stereocenters. The Kier molecular flexibility index (Phi) is 7.37. The summed E-state index contributed by atoms with van der Waals surface area (Å²) in [7, 11) is -6.65. The molecule has 0 spiro atoms. The fourth-order valence-corrected chi connectivity index (χ4v) is 6.50. The largest absolute Gasteiger partial charge is 0.495 e. The van der Waals surface area contributed by atoms with Crippen LogP contribution in [-0.4, -0.2) is 57.4 Å². The highest BCUT2D eigenvalue weighted by Gasteiger charge is 2.28. The maximum absolute atomic E-state index is 13.0. The van der Waals surface area contributed by atoms with Crippen LogP contribution in [0.25, 0.3) is 0 Å². The van der Waals surface area contributed by atoms with Gasteiger partial charge in [-0.25, -0.2) is 8.42 Å². The van der Waals surface area contributed by atoms with Crippen LogP contribution in [-0.2, 0) is 24.8 Å². The van der Waals surface area contributed by atoms with Crippen molar-refractivity contribution in [3.8, 4) is 5.75 Å². The first kappa shape index (κ1) is 24.4. The Hall–Kier alpha value is -2.29. The van der Waals surface area contributed by atoms with Crippen molar-refractivity contribution in [2.75, 3.05) is 30.2 Å². The Morgan fingerprint density at radius 2 is 1.81 bits per heavy atom. The summed E-state index contributed by atoms with van der Waals surface area (Å²) in [5, 5.41) is 9.85. The Morgan fingerprint density at radius 3 is 2.44 bits per heavy atom. The zero-order chi connectivity index (χ0) is 23.5. The number of rotatable bonds is 8. The van der Waals surface area contributed by atoms with Gasteiger partial charge in [0.2, 0.25) is 21.1 Å². The van der Waals surface area contributed by atoms with E-state index in [0.717, 1.165) is 19.3 Å². The number of carbonyl (C=O) groups excluding carboxylic acids is 1. The van der Waals surface area contributed by atoms with Crippen LogP contribution in [0.15, 0.2) is 27.4 Å². The van der Waals surface area contributed by atoms with Gasteiger partial charge >= 0.3 is 0 Å². The van der Waals surface area contributed by atoms with Crippen molar-refractivity contribution in [1.29, 1.82) is 0 Å². The topological polar surface area (TPSA) is 148 Å². The first-order valence-corrected chi connectivity index (χ1v) is 13.6. The molecule has 1 aromatic carbocycles. The second-order valence-corrected chi connectivity index (χ2v) is 12.2. The quantitative estimate of drug-likeness (QED) is 0.521. The summed E-state index contributed by atoms with van der Waals surface area (Å²) in [4.78, 5) is 11.8. The zero-order valence-corrected chi connectivity index (χ0v) is 20.3. The summed E-state index contributed by atoms with van der Waals surface area (Å²) in [6, 6.07) is 4.00. The predicted molar refractivity (Wildman–Crippen MR) is 120 cm³/mol. The molecule has 3 rings (SSSR count). The lowest BCUT2D eigenvalue weighted by atomic mass is 10.2. The van der Waals surface area contributed by atoms with Crippen LogP contribution in [0.4, 0.5) is 10.8 Å². The molecule has 0 radical (unpaired) electrons. The van der Waals surface area contributed by atoms with Gasteiger partial charge in [-0.2, -0.15) is 12.7 Å². The third-order valence-electron chi connectivity index (χ3n) is 4.76. The van der Waals surface area contributed by atoms with Crippen molar-refractivity contribution in [3.05, 3.63) is 18.2 Å². The van der Waals surface area contributed by atoms with E-state index in [9.17, 15) is 21.6 Å². The molecular weight excluding hydrogens is 478 g/mol. The van der Waals surface area contributed by atoms with Gasteiger partial charge in [-0.1, -0.05) is 31.6 Å². The number of carbonyl (C=O) groups is 1. The lowest BCUT2D eigenvalue weighted by molar-refractivity contribution is -0.118. The third-order valence-corrected chi connectivity index (χ3v) is 9.23. The number of methoxy groups -OCH3 is 1. The van der Waals surface area contributed by atoms with Gasteiger partial charge in [0.05, 0.1) is 17.7 Å². The molecule has 0 atom stereocenters. The number of aromatic nitrogens is 2. The molecule has 14 heteroatoms. The molecule has 2 heterocycles. The highest BCUT2D eigenvalue weighted by Crippen LogP contribution is 2.32. The minimum atomic E-state index is -4.21. The molecular formula is C18H25N5O6S3. The lowest BCUT2D eigenvalue weighted by Gasteiger charge is -2.26. The Bertz CT molecular complexity index is 1190. The Morgan fingerprint density at radius 1 is 1.12 bits per heavy atom. The molecule has 0 aliphatic carbocycles. The van der Waals surface area contributed by atoms with E-state index in [-0.39, 0.29) is 37.6 Å². The molecule has 32 heavy (non-hydrogen) atoms. The smallest absolute Gasteiger partial charge is 0.291 e. The minimum Gasteiger partial charge on any atom is -0.495 e. The fraction of sp³-hybridized carbons (Fsp3) is 0.500. The molecule has 11 nitrogen and oxygen atoms in total. The van der Waals surface area contributed by atoms with Crippen LogP contribution < -0.4 is 14.8 Å². The SMILES string of the molecule is COc1ccc(S(=O)(=O)N2CCCCC2)cc1NS(=O)(=O)c1nnc(NC(=O)C(C)C)s1. The van der Waals surface area contributed by atoms with Crippen LogP contribution in [0.1, 0.15) is 33.1 Å². The highest BCUT2D eigenvalue weighted by atomic mass is 32.2. The van der Waals surface area contributed by atoms with Crippen molar-refractivity contribution >= 4 is 48.1 Å². The van der Waals surface area contributed by atoms with E-state index < -0.39 is 20.0 Å². The average Bonchev–Trinajstić information content (AvgIpc) is 3.23. The molecule has 0 saturated carbocycles. The normalized spacial score (nSPS) is 15.5. The van der Waals surface area contributed by atoms with Crippen molar-refractivity contribution in [2.24, 2.45) is 5.92 Å². The molecule has 0 bridgehead atoms. The maximum Gasteiger partial charge on any atom is 0.291 e. The number of ether oxygens (including phenoxy) is 1. The van der Waals surface area contributed by atoms with E-state index in [1.165, 1.54) is 29.6 Å². The number of benzene rings is 1. The molecule has 1 amide bonds. The molecule has 1 aromatic heterocycles. The zero-order valence-electron chi connectivity index (χ0n) is 17.9. The van der Waals surface area contributed by atoms with Gasteiger partial charge in [0.15, 0.2) is 0 Å². The summed E-state index contributed by atoms with van der Waals surface area (Å²) in [6.07, 6.45) is 2.53. The standard InChI is InChI=1S/C18H25N5O6S3/c1-12(2)16(24)19-17-20-21-18(30-17)31(25,26)22-14-11-13(7-8-15(14)29-3)32(27,28)23-9-5-4-6-10-23/h7-8,11-12,22H,4-6,9-10H2,1-3H3,(H,19,20,24). The number of nitrogens with one attached hydrogen (secondary N) is 2. The lowest BCUT2D eigenvalue weighted by Crippen LogP contribution is -2.35. The highest BCUT2D eigenvalue weighted by molar-refractivity contribution is 7.94. The predicted octanol–water partition coefficient (Wildman–Crippen LogP) is 2.12. The maximum atomic E-state index is 13.0. The summed E-state index contributed by atoms with van der Waals surface area (Å²) in [6.45, 7) is 4.22. The van der Waals surface area contributed by atoms with Gasteiger partial charge < -0.3 is 10.1 Å². The van der Waals surface area contributed by atoms with Crippen LogP contribution >= 0.6 is 11.3 Å². The molecule has 2 aromatic rings. The van der Waals surface area contributed by atoms with Gasteiger partial charge in [-0.15, -0.1) is 10.2 Å². The van der Waals surface area contributed by atoms with Crippen LogP contribution in [0.5, 0.6) is 5.75 Å². The second kappa shape index (κ2) is 9.68. The van der Waals surface area contributed by atoms with Gasteiger partial charge in [0, 0.05) is 19.0 Å². The number of hydrogen-bond acceptors (Lipinski definition) is 9. The Labute approximate surface area is 191 Å². The van der Waals surface area contributed by atoms with Crippen LogP contribution in [0.2, 0.25) is 0 Å². The van der Waals surface area contributed by atoms with E-state index in [0.29, 0.717) is 24.4 Å². The Balaban J connectivity index is 1.88. The fourth-order valence-electron chi connectivity index (χ4n) is 2.99. The number of hydrogen-bond donors (Lipinski definition) is 2. The van der Waals surface area contributed by atoms with Gasteiger partial charge in [0.1, 0.15) is 5.75 Å². The molecule has 1 saturated heterocycles. The monoisotopic (exact) mass is 503 g/mol. The molecule has 176 valence electrons. The van der Waals surface area contributed by atoms with Gasteiger partial charge in [-0.05, 0) is 31.0 Å².